The van der Waals surface area contributed by atoms with Crippen molar-refractivity contribution >= 4 is 23.6 Å². The summed E-state index contributed by atoms with van der Waals surface area (Å²) in [4.78, 5) is 47.2. The van der Waals surface area contributed by atoms with Gasteiger partial charge >= 0.3 is 5.97 Å². The standard InChI is InChI=1S/C16H23N5O4/c1-3-25-16(24)11-5-4-8-21(9-11)12(22)10-20(2)15(23)13-14(17)19-7-6-18-13/h6-7,11H,3-5,8-10H2,1-2H3,(H2,17,19). The fourth-order valence-corrected chi connectivity index (χ4v) is 2.73. The molecule has 2 N–H and O–H groups in total. The molecule has 9 nitrogen and oxygen atoms in total. The van der Waals surface area contributed by atoms with Crippen molar-refractivity contribution in [1.82, 2.24) is 19.8 Å². The molecule has 1 aromatic rings. The number of aromatic nitrogens is 2. The maximum absolute atomic E-state index is 12.5. The number of nitrogens with zero attached hydrogens (tertiary/aromatic N) is 4. The Hall–Kier alpha value is -2.71. The number of likely N-dealkylation sites (tertiary alicyclic amines) is 1. The van der Waals surface area contributed by atoms with Gasteiger partial charge in [-0.3, -0.25) is 14.4 Å². The largest absolute Gasteiger partial charge is 0.466 e. The zero-order valence-corrected chi connectivity index (χ0v) is 14.5. The number of hydrogen-bond donors (Lipinski definition) is 1. The van der Waals surface area contributed by atoms with Crippen molar-refractivity contribution < 1.29 is 19.1 Å². The predicted octanol–water partition coefficient (Wildman–Crippen LogP) is -0.0675. The second kappa shape index (κ2) is 8.41. The van der Waals surface area contributed by atoms with E-state index in [1.54, 1.807) is 11.8 Å². The van der Waals surface area contributed by atoms with E-state index in [4.69, 9.17) is 10.5 Å². The van der Waals surface area contributed by atoms with Crippen molar-refractivity contribution in [1.29, 1.82) is 0 Å². The fourth-order valence-electron chi connectivity index (χ4n) is 2.73. The second-order valence-corrected chi connectivity index (χ2v) is 5.88. The quantitative estimate of drug-likeness (QED) is 0.739. The van der Waals surface area contributed by atoms with E-state index >= 15 is 0 Å². The summed E-state index contributed by atoms with van der Waals surface area (Å²) >= 11 is 0. The lowest BCUT2D eigenvalue weighted by molar-refractivity contribution is -0.151. The van der Waals surface area contributed by atoms with Gasteiger partial charge in [-0.1, -0.05) is 0 Å². The molecule has 1 aromatic heterocycles. The van der Waals surface area contributed by atoms with Crippen LogP contribution >= 0.6 is 0 Å². The van der Waals surface area contributed by atoms with E-state index in [0.717, 1.165) is 6.42 Å². The zero-order valence-electron chi connectivity index (χ0n) is 14.5. The minimum Gasteiger partial charge on any atom is -0.466 e. The number of hydrogen-bond acceptors (Lipinski definition) is 7. The lowest BCUT2D eigenvalue weighted by atomic mass is 9.98. The number of anilines is 1. The van der Waals surface area contributed by atoms with Crippen LogP contribution in [0, 0.1) is 5.92 Å². The molecule has 1 saturated heterocycles. The van der Waals surface area contributed by atoms with Gasteiger partial charge in [0.25, 0.3) is 5.91 Å². The molecule has 0 bridgehead atoms. The number of likely N-dealkylation sites (N-methyl/N-ethyl adjacent to an activating group) is 1. The minimum atomic E-state index is -0.474. The first-order valence-corrected chi connectivity index (χ1v) is 8.20. The summed E-state index contributed by atoms with van der Waals surface area (Å²) in [7, 11) is 1.50. The van der Waals surface area contributed by atoms with Gasteiger partial charge < -0.3 is 20.3 Å². The molecule has 2 amide bonds. The summed E-state index contributed by atoms with van der Waals surface area (Å²) in [5.41, 5.74) is 5.66. The molecular formula is C16H23N5O4. The maximum atomic E-state index is 12.5. The van der Waals surface area contributed by atoms with Crippen molar-refractivity contribution in [3.05, 3.63) is 18.1 Å². The van der Waals surface area contributed by atoms with E-state index < -0.39 is 5.91 Å². The smallest absolute Gasteiger partial charge is 0.310 e. The van der Waals surface area contributed by atoms with Crippen LogP contribution in [0.15, 0.2) is 12.4 Å². The number of carbonyl (C=O) groups excluding carboxylic acids is 3. The molecule has 0 aliphatic carbocycles. The highest BCUT2D eigenvalue weighted by Gasteiger charge is 2.30. The van der Waals surface area contributed by atoms with Crippen LogP contribution < -0.4 is 5.73 Å². The molecule has 25 heavy (non-hydrogen) atoms. The van der Waals surface area contributed by atoms with E-state index in [2.05, 4.69) is 9.97 Å². The summed E-state index contributed by atoms with van der Waals surface area (Å²) in [5, 5.41) is 0. The Bertz CT molecular complexity index is 651. The SMILES string of the molecule is CCOC(=O)C1CCCN(C(=O)CN(C)C(=O)c2nccnc2N)C1. The van der Waals surface area contributed by atoms with Crippen LogP contribution in [-0.2, 0) is 14.3 Å². The Balaban J connectivity index is 1.95. The molecule has 0 spiro atoms. The molecule has 1 unspecified atom stereocenters. The normalized spacial score (nSPS) is 17.0. The predicted molar refractivity (Wildman–Crippen MR) is 89.3 cm³/mol. The monoisotopic (exact) mass is 349 g/mol. The summed E-state index contributed by atoms with van der Waals surface area (Å²) in [6, 6.07) is 0. The number of amides is 2. The highest BCUT2D eigenvalue weighted by Crippen LogP contribution is 2.18. The first-order chi connectivity index (χ1) is 11.9. The lowest BCUT2D eigenvalue weighted by Gasteiger charge is -2.32. The van der Waals surface area contributed by atoms with Crippen LogP contribution in [-0.4, -0.2) is 70.8 Å². The van der Waals surface area contributed by atoms with Gasteiger partial charge in [0.2, 0.25) is 5.91 Å². The molecule has 2 rings (SSSR count). The van der Waals surface area contributed by atoms with Gasteiger partial charge in [-0.2, -0.15) is 0 Å². The number of nitrogen functional groups attached to an aromatic ring is 1. The van der Waals surface area contributed by atoms with Crippen LogP contribution in [0.25, 0.3) is 0 Å². The summed E-state index contributed by atoms with van der Waals surface area (Å²) < 4.78 is 5.03. The van der Waals surface area contributed by atoms with Crippen LogP contribution in [0.2, 0.25) is 0 Å². The molecule has 2 heterocycles. The van der Waals surface area contributed by atoms with Gasteiger partial charge in [0.05, 0.1) is 19.1 Å². The van der Waals surface area contributed by atoms with Crippen LogP contribution in [0.3, 0.4) is 0 Å². The topological polar surface area (TPSA) is 119 Å². The van der Waals surface area contributed by atoms with Gasteiger partial charge in [-0.25, -0.2) is 9.97 Å². The highest BCUT2D eigenvalue weighted by atomic mass is 16.5. The van der Waals surface area contributed by atoms with Crippen LogP contribution in [0.1, 0.15) is 30.3 Å². The Kier molecular flexibility index (Phi) is 6.26. The van der Waals surface area contributed by atoms with E-state index in [1.807, 2.05) is 0 Å². The van der Waals surface area contributed by atoms with E-state index in [9.17, 15) is 14.4 Å². The Labute approximate surface area is 146 Å². The number of piperidine rings is 1. The third-order valence-corrected chi connectivity index (χ3v) is 4.04. The maximum Gasteiger partial charge on any atom is 0.310 e. The lowest BCUT2D eigenvalue weighted by Crippen LogP contribution is -2.47. The molecule has 136 valence electrons. The van der Waals surface area contributed by atoms with Crippen molar-refractivity contribution in [2.24, 2.45) is 5.92 Å². The van der Waals surface area contributed by atoms with E-state index in [-0.39, 0.29) is 35.9 Å². The average molecular weight is 349 g/mol. The highest BCUT2D eigenvalue weighted by molar-refractivity contribution is 5.98. The molecule has 0 radical (unpaired) electrons. The first-order valence-electron chi connectivity index (χ1n) is 8.20. The molecule has 1 aliphatic heterocycles. The van der Waals surface area contributed by atoms with Crippen molar-refractivity contribution in [2.45, 2.75) is 19.8 Å². The molecule has 1 atom stereocenters. The van der Waals surface area contributed by atoms with E-state index in [0.29, 0.717) is 26.1 Å². The molecule has 1 aliphatic rings. The summed E-state index contributed by atoms with van der Waals surface area (Å²) in [6.45, 7) is 2.82. The summed E-state index contributed by atoms with van der Waals surface area (Å²) in [6.07, 6.45) is 4.19. The molecule has 1 fully saturated rings. The Morgan fingerprint density at radius 3 is 2.76 bits per heavy atom. The fraction of sp³-hybridized carbons (Fsp3) is 0.562. The number of nitrogens with two attached hydrogens (primary N) is 1. The average Bonchev–Trinajstić information content (AvgIpc) is 2.61. The summed E-state index contributed by atoms with van der Waals surface area (Å²) in [5.74, 6) is -1.27. The second-order valence-electron chi connectivity index (χ2n) is 5.88. The third kappa shape index (κ3) is 4.65. The van der Waals surface area contributed by atoms with Crippen molar-refractivity contribution in [3.63, 3.8) is 0 Å². The number of rotatable bonds is 5. The molecular weight excluding hydrogens is 326 g/mol. The van der Waals surface area contributed by atoms with Gasteiger partial charge in [-0.15, -0.1) is 0 Å². The number of esters is 1. The Morgan fingerprint density at radius 2 is 2.08 bits per heavy atom. The minimum absolute atomic E-state index is 0.0147. The van der Waals surface area contributed by atoms with Crippen molar-refractivity contribution in [3.8, 4) is 0 Å². The zero-order chi connectivity index (χ0) is 18.4. The first kappa shape index (κ1) is 18.6. The Morgan fingerprint density at radius 1 is 1.36 bits per heavy atom. The molecule has 9 heteroatoms. The number of carbonyl (C=O) groups is 3. The third-order valence-electron chi connectivity index (χ3n) is 4.04. The van der Waals surface area contributed by atoms with Gasteiger partial charge in [-0.05, 0) is 19.8 Å². The van der Waals surface area contributed by atoms with Crippen molar-refractivity contribution in [2.75, 3.05) is 39.0 Å². The van der Waals surface area contributed by atoms with Gasteiger partial charge in [0.15, 0.2) is 11.5 Å². The van der Waals surface area contributed by atoms with E-state index in [1.165, 1.54) is 24.3 Å². The molecule has 0 aromatic carbocycles. The van der Waals surface area contributed by atoms with Crippen LogP contribution in [0.5, 0.6) is 0 Å². The number of ether oxygens (including phenoxy) is 1. The molecule has 0 saturated carbocycles. The van der Waals surface area contributed by atoms with Gasteiger partial charge in [0.1, 0.15) is 0 Å². The van der Waals surface area contributed by atoms with Crippen LogP contribution in [0.4, 0.5) is 5.82 Å². The van der Waals surface area contributed by atoms with Gasteiger partial charge in [0, 0.05) is 32.5 Å².